The van der Waals surface area contributed by atoms with Crippen molar-refractivity contribution in [2.45, 2.75) is 12.5 Å². The molecule has 0 amide bonds. The normalized spacial score (nSPS) is 22.8. The molecule has 3 aromatic heterocycles. The van der Waals surface area contributed by atoms with E-state index in [1.54, 1.807) is 18.3 Å². The van der Waals surface area contributed by atoms with Crippen LogP contribution in [-0.2, 0) is 6.54 Å². The Labute approximate surface area is 165 Å². The van der Waals surface area contributed by atoms with Crippen molar-refractivity contribution in [1.29, 1.82) is 0 Å². The first kappa shape index (κ1) is 16.4. The second-order valence-corrected chi connectivity index (χ2v) is 7.69. The summed E-state index contributed by atoms with van der Waals surface area (Å²) in [6.45, 7) is 2.25. The van der Waals surface area contributed by atoms with Gasteiger partial charge in [-0.3, -0.25) is 9.36 Å². The minimum absolute atomic E-state index is 0.162. The van der Waals surface area contributed by atoms with Crippen LogP contribution in [0.4, 0.5) is 5.69 Å². The average molecular weight is 386 g/mol. The van der Waals surface area contributed by atoms with Crippen molar-refractivity contribution >= 4 is 16.7 Å². The smallest absolute Gasteiger partial charge is 0.263 e. The first-order valence-corrected chi connectivity index (χ1v) is 9.70. The van der Waals surface area contributed by atoms with E-state index < -0.39 is 0 Å². The van der Waals surface area contributed by atoms with Gasteiger partial charge in [0.15, 0.2) is 11.5 Å². The molecule has 1 saturated heterocycles. The molecule has 0 N–H and O–H groups in total. The van der Waals surface area contributed by atoms with Gasteiger partial charge in [-0.15, -0.1) is 0 Å². The van der Waals surface area contributed by atoms with Gasteiger partial charge in [0.2, 0.25) is 5.89 Å². The summed E-state index contributed by atoms with van der Waals surface area (Å²) in [5.74, 6) is 2.67. The Bertz CT molecular complexity index is 1240. The lowest BCUT2D eigenvalue weighted by Gasteiger charge is -2.21. The molecule has 1 aromatic carbocycles. The largest absolute Gasteiger partial charge is 0.371 e. The van der Waals surface area contributed by atoms with Crippen molar-refractivity contribution in [3.8, 4) is 0 Å². The van der Waals surface area contributed by atoms with E-state index in [0.29, 0.717) is 34.7 Å². The summed E-state index contributed by atoms with van der Waals surface area (Å²) in [4.78, 5) is 27.9. The number of rotatable bonds is 4. The van der Waals surface area contributed by atoms with Crippen LogP contribution in [0.3, 0.4) is 0 Å². The summed E-state index contributed by atoms with van der Waals surface area (Å²) in [6.07, 6.45) is 3.10. The minimum Gasteiger partial charge on any atom is -0.371 e. The van der Waals surface area contributed by atoms with Gasteiger partial charge in [-0.25, -0.2) is 9.97 Å². The second-order valence-electron chi connectivity index (χ2n) is 7.69. The van der Waals surface area contributed by atoms with E-state index in [9.17, 15) is 4.79 Å². The van der Waals surface area contributed by atoms with Crippen molar-refractivity contribution in [3.63, 3.8) is 0 Å². The van der Waals surface area contributed by atoms with Crippen molar-refractivity contribution in [2.24, 2.45) is 11.8 Å². The molecule has 0 bridgehead atoms. The van der Waals surface area contributed by atoms with Crippen LogP contribution in [-0.4, -0.2) is 37.8 Å². The lowest BCUT2D eigenvalue weighted by molar-refractivity contribution is 0.363. The summed E-state index contributed by atoms with van der Waals surface area (Å²) in [7, 11) is 0. The Morgan fingerprint density at radius 1 is 1.03 bits per heavy atom. The van der Waals surface area contributed by atoms with Crippen LogP contribution in [0.25, 0.3) is 11.0 Å². The molecule has 29 heavy (non-hydrogen) atoms. The highest BCUT2D eigenvalue weighted by atomic mass is 16.5. The van der Waals surface area contributed by atoms with E-state index in [1.165, 1.54) is 16.6 Å². The monoisotopic (exact) mass is 386 g/mol. The van der Waals surface area contributed by atoms with Gasteiger partial charge in [0, 0.05) is 30.9 Å². The molecule has 0 radical (unpaired) electrons. The van der Waals surface area contributed by atoms with Crippen LogP contribution in [0.15, 0.2) is 64.3 Å². The Morgan fingerprint density at radius 3 is 2.69 bits per heavy atom. The number of hydrogen-bond acceptors (Lipinski definition) is 7. The van der Waals surface area contributed by atoms with E-state index >= 15 is 0 Å². The number of hydrogen-bond donors (Lipinski definition) is 0. The molecule has 1 aliphatic carbocycles. The third kappa shape index (κ3) is 2.71. The quantitative estimate of drug-likeness (QED) is 0.530. The van der Waals surface area contributed by atoms with Gasteiger partial charge in [0.25, 0.3) is 5.56 Å². The van der Waals surface area contributed by atoms with Crippen LogP contribution >= 0.6 is 0 Å². The van der Waals surface area contributed by atoms with Crippen LogP contribution in [0.1, 0.15) is 17.6 Å². The number of para-hydroxylation sites is 1. The van der Waals surface area contributed by atoms with Gasteiger partial charge in [-0.1, -0.05) is 23.4 Å². The summed E-state index contributed by atoms with van der Waals surface area (Å²) in [6, 6.07) is 13.9. The summed E-state index contributed by atoms with van der Waals surface area (Å²) in [5.41, 5.74) is 1.54. The van der Waals surface area contributed by atoms with E-state index in [2.05, 4.69) is 49.3 Å². The SMILES string of the molecule is O=c1c2cccnc2ncn1Cc1nc([C@H]2[C@@H]3CN(c4ccccc4)C[C@@H]32)no1. The van der Waals surface area contributed by atoms with Crippen molar-refractivity contribution in [1.82, 2.24) is 24.7 Å². The summed E-state index contributed by atoms with van der Waals surface area (Å²) < 4.78 is 6.91. The molecule has 4 heterocycles. The maximum absolute atomic E-state index is 12.6. The molecule has 2 fully saturated rings. The van der Waals surface area contributed by atoms with Crippen LogP contribution in [0, 0.1) is 11.8 Å². The van der Waals surface area contributed by atoms with Gasteiger partial charge >= 0.3 is 0 Å². The molecular weight excluding hydrogens is 368 g/mol. The number of benzene rings is 1. The van der Waals surface area contributed by atoms with Crippen molar-refractivity contribution < 1.29 is 4.52 Å². The predicted octanol–water partition coefficient (Wildman–Crippen LogP) is 2.07. The molecule has 6 rings (SSSR count). The van der Waals surface area contributed by atoms with Gasteiger partial charge in [0.05, 0.1) is 5.39 Å². The van der Waals surface area contributed by atoms with E-state index in [0.717, 1.165) is 18.9 Å². The Balaban J connectivity index is 1.17. The summed E-state index contributed by atoms with van der Waals surface area (Å²) in [5, 5.41) is 4.67. The van der Waals surface area contributed by atoms with E-state index in [4.69, 9.17) is 4.52 Å². The molecule has 0 spiro atoms. The number of anilines is 1. The Morgan fingerprint density at radius 2 is 1.86 bits per heavy atom. The van der Waals surface area contributed by atoms with Gasteiger partial charge in [-0.05, 0) is 36.1 Å². The third-order valence-corrected chi connectivity index (χ3v) is 6.00. The molecule has 0 unspecified atom stereocenters. The van der Waals surface area contributed by atoms with Crippen molar-refractivity contribution in [2.75, 3.05) is 18.0 Å². The third-order valence-electron chi connectivity index (χ3n) is 6.00. The number of piperidine rings is 1. The zero-order valence-electron chi connectivity index (χ0n) is 15.5. The molecule has 144 valence electrons. The van der Waals surface area contributed by atoms with Crippen LogP contribution in [0.2, 0.25) is 0 Å². The van der Waals surface area contributed by atoms with E-state index in [-0.39, 0.29) is 12.1 Å². The van der Waals surface area contributed by atoms with Gasteiger partial charge in [0.1, 0.15) is 12.9 Å². The fraction of sp³-hybridized carbons (Fsp3) is 0.286. The average Bonchev–Trinajstić information content (AvgIpc) is 3.11. The Hall–Kier alpha value is -3.55. The first-order chi connectivity index (χ1) is 14.3. The molecule has 1 saturated carbocycles. The maximum Gasteiger partial charge on any atom is 0.263 e. The zero-order chi connectivity index (χ0) is 19.4. The maximum atomic E-state index is 12.6. The van der Waals surface area contributed by atoms with Gasteiger partial charge in [-0.2, -0.15) is 4.98 Å². The molecule has 8 nitrogen and oxygen atoms in total. The number of pyridine rings is 1. The number of fused-ring (bicyclic) bond motifs is 2. The van der Waals surface area contributed by atoms with E-state index in [1.807, 2.05) is 6.07 Å². The molecular formula is C21H18N6O2. The number of nitrogens with zero attached hydrogens (tertiary/aromatic N) is 6. The highest BCUT2D eigenvalue weighted by molar-refractivity contribution is 5.72. The lowest BCUT2D eigenvalue weighted by atomic mass is 10.2. The lowest BCUT2D eigenvalue weighted by Crippen LogP contribution is -2.23. The molecule has 1 aliphatic heterocycles. The fourth-order valence-corrected chi connectivity index (χ4v) is 4.48. The molecule has 8 heteroatoms. The van der Waals surface area contributed by atoms with Crippen molar-refractivity contribution in [3.05, 3.63) is 77.1 Å². The Kier molecular flexibility index (Phi) is 3.53. The molecule has 3 atom stereocenters. The number of aromatic nitrogens is 5. The predicted molar refractivity (Wildman–Crippen MR) is 106 cm³/mol. The summed E-state index contributed by atoms with van der Waals surface area (Å²) >= 11 is 0. The standard InChI is InChI=1S/C21H18N6O2/c28-21-14-7-4-8-22-19(14)23-12-27(21)11-17-24-20(25-29-17)18-15-9-26(10-16(15)18)13-5-2-1-3-6-13/h1-8,12,15-16,18H,9-11H2/t15-,16+,18+. The molecule has 2 aliphatic rings. The van der Waals surface area contributed by atoms with Gasteiger partial charge < -0.3 is 9.42 Å². The zero-order valence-corrected chi connectivity index (χ0v) is 15.5. The topological polar surface area (TPSA) is 89.9 Å². The highest BCUT2D eigenvalue weighted by Crippen LogP contribution is 2.57. The molecule has 4 aromatic rings. The van der Waals surface area contributed by atoms with Crippen LogP contribution in [0.5, 0.6) is 0 Å². The first-order valence-electron chi connectivity index (χ1n) is 9.70. The van der Waals surface area contributed by atoms with Crippen LogP contribution < -0.4 is 10.5 Å². The highest BCUT2D eigenvalue weighted by Gasteiger charge is 2.58. The fourth-order valence-electron chi connectivity index (χ4n) is 4.48. The second kappa shape index (κ2) is 6.23. The minimum atomic E-state index is -0.162.